The van der Waals surface area contributed by atoms with Gasteiger partial charge in [-0.3, -0.25) is 4.79 Å². The Morgan fingerprint density at radius 1 is 1.27 bits per heavy atom. The molecule has 1 amide bonds. The lowest BCUT2D eigenvalue weighted by atomic mass is 9.95. The fraction of sp³-hybridized carbons (Fsp3) is 0.350. The van der Waals surface area contributed by atoms with Crippen molar-refractivity contribution < 1.29 is 9.53 Å². The highest BCUT2D eigenvalue weighted by atomic mass is 16.5. The van der Waals surface area contributed by atoms with Gasteiger partial charge in [0.2, 0.25) is 5.91 Å². The van der Waals surface area contributed by atoms with Crippen molar-refractivity contribution in [1.29, 1.82) is 5.26 Å². The molecular weight excluding hydrogens is 328 g/mol. The number of nitriles is 1. The zero-order valence-electron chi connectivity index (χ0n) is 14.8. The number of nitrogens with zero attached hydrogens (tertiary/aromatic N) is 3. The topological polar surface area (TPSA) is 78.2 Å². The molecule has 0 atom stereocenters. The zero-order valence-corrected chi connectivity index (χ0v) is 14.8. The van der Waals surface area contributed by atoms with E-state index in [9.17, 15) is 4.79 Å². The number of amides is 1. The van der Waals surface area contributed by atoms with Crippen LogP contribution >= 0.6 is 0 Å². The number of rotatable bonds is 5. The van der Waals surface area contributed by atoms with E-state index in [1.807, 2.05) is 37.3 Å². The molecule has 0 spiro atoms. The van der Waals surface area contributed by atoms with Crippen LogP contribution < -0.4 is 15.0 Å². The predicted molar refractivity (Wildman–Crippen MR) is 100 cm³/mol. The van der Waals surface area contributed by atoms with Crippen LogP contribution in [0.1, 0.15) is 25.3 Å². The van der Waals surface area contributed by atoms with Gasteiger partial charge in [0.25, 0.3) is 0 Å². The Labute approximate surface area is 153 Å². The van der Waals surface area contributed by atoms with Crippen LogP contribution in [0.15, 0.2) is 42.6 Å². The minimum atomic E-state index is -0.00352. The van der Waals surface area contributed by atoms with Gasteiger partial charge in [0, 0.05) is 30.9 Å². The molecule has 0 aliphatic carbocycles. The number of anilines is 2. The molecule has 26 heavy (non-hydrogen) atoms. The van der Waals surface area contributed by atoms with Crippen LogP contribution in [0, 0.1) is 17.2 Å². The van der Waals surface area contributed by atoms with Crippen LogP contribution in [-0.4, -0.2) is 30.6 Å². The van der Waals surface area contributed by atoms with E-state index in [-0.39, 0.29) is 11.8 Å². The summed E-state index contributed by atoms with van der Waals surface area (Å²) >= 11 is 0. The maximum absolute atomic E-state index is 12.5. The first kappa shape index (κ1) is 17.7. The molecule has 1 aromatic carbocycles. The molecule has 1 aliphatic rings. The molecule has 2 heterocycles. The van der Waals surface area contributed by atoms with E-state index < -0.39 is 0 Å². The van der Waals surface area contributed by atoms with Crippen molar-refractivity contribution in [2.24, 2.45) is 5.92 Å². The van der Waals surface area contributed by atoms with Crippen LogP contribution in [0.3, 0.4) is 0 Å². The Hall–Kier alpha value is -3.07. The minimum absolute atomic E-state index is 0.00352. The molecular formula is C20H22N4O2. The Morgan fingerprint density at radius 2 is 2.00 bits per heavy atom. The summed E-state index contributed by atoms with van der Waals surface area (Å²) in [6.07, 6.45) is 3.15. The summed E-state index contributed by atoms with van der Waals surface area (Å²) in [5.41, 5.74) is 1.34. The summed E-state index contributed by atoms with van der Waals surface area (Å²) < 4.78 is 5.41. The van der Waals surface area contributed by atoms with Gasteiger partial charge in [0.05, 0.1) is 12.2 Å². The van der Waals surface area contributed by atoms with E-state index in [4.69, 9.17) is 10.00 Å². The molecule has 1 fully saturated rings. The third-order valence-electron chi connectivity index (χ3n) is 4.50. The van der Waals surface area contributed by atoms with E-state index >= 15 is 0 Å². The molecule has 1 aromatic heterocycles. The maximum Gasteiger partial charge on any atom is 0.227 e. The van der Waals surface area contributed by atoms with Crippen molar-refractivity contribution in [3.8, 4) is 11.8 Å². The number of carbonyl (C=O) groups excluding carboxylic acids is 1. The quantitative estimate of drug-likeness (QED) is 0.896. The zero-order chi connectivity index (χ0) is 18.4. The Bertz CT molecular complexity index is 773. The van der Waals surface area contributed by atoms with Crippen LogP contribution in [0.2, 0.25) is 0 Å². The molecule has 0 bridgehead atoms. The van der Waals surface area contributed by atoms with E-state index in [0.29, 0.717) is 12.2 Å². The van der Waals surface area contributed by atoms with Crippen molar-refractivity contribution in [2.45, 2.75) is 19.8 Å². The molecule has 134 valence electrons. The highest BCUT2D eigenvalue weighted by Crippen LogP contribution is 2.24. The van der Waals surface area contributed by atoms with Gasteiger partial charge >= 0.3 is 0 Å². The minimum Gasteiger partial charge on any atom is -0.494 e. The van der Waals surface area contributed by atoms with Crippen molar-refractivity contribution >= 4 is 17.4 Å². The Kier molecular flexibility index (Phi) is 5.69. The molecule has 0 radical (unpaired) electrons. The first-order valence-electron chi connectivity index (χ1n) is 8.84. The van der Waals surface area contributed by atoms with Crippen molar-refractivity contribution in [1.82, 2.24) is 4.98 Å². The third kappa shape index (κ3) is 4.31. The lowest BCUT2D eigenvalue weighted by molar-refractivity contribution is -0.120. The monoisotopic (exact) mass is 350 g/mol. The number of pyridine rings is 1. The standard InChI is InChI=1S/C20H22N4O2/c1-2-26-18-6-4-17(5-7-18)23-20(25)16-9-11-24(12-10-16)19-8-3-15(13-21)14-22-19/h3-8,14,16H,2,9-12H2,1H3,(H,23,25). The number of hydrogen-bond donors (Lipinski definition) is 1. The first-order chi connectivity index (χ1) is 12.7. The predicted octanol–water partition coefficient (Wildman–Crippen LogP) is 3.21. The third-order valence-corrected chi connectivity index (χ3v) is 4.50. The van der Waals surface area contributed by atoms with Crippen LogP contribution in [0.25, 0.3) is 0 Å². The molecule has 2 aromatic rings. The van der Waals surface area contributed by atoms with Gasteiger partial charge in [0.15, 0.2) is 0 Å². The normalized spacial score (nSPS) is 14.5. The SMILES string of the molecule is CCOc1ccc(NC(=O)C2CCN(c3ccc(C#N)cn3)CC2)cc1. The fourth-order valence-electron chi connectivity index (χ4n) is 3.06. The summed E-state index contributed by atoms with van der Waals surface area (Å²) in [5, 5.41) is 11.8. The number of carbonyl (C=O) groups is 1. The van der Waals surface area contributed by atoms with Crippen LogP contribution in [0.4, 0.5) is 11.5 Å². The average molecular weight is 350 g/mol. The molecule has 1 saturated heterocycles. The van der Waals surface area contributed by atoms with Gasteiger partial charge in [-0.1, -0.05) is 0 Å². The Balaban J connectivity index is 1.52. The molecule has 6 heteroatoms. The summed E-state index contributed by atoms with van der Waals surface area (Å²) in [5.74, 6) is 1.71. The molecule has 6 nitrogen and oxygen atoms in total. The van der Waals surface area contributed by atoms with E-state index in [0.717, 1.165) is 43.2 Å². The van der Waals surface area contributed by atoms with E-state index in [2.05, 4.69) is 21.3 Å². The summed E-state index contributed by atoms with van der Waals surface area (Å²) in [7, 11) is 0. The largest absolute Gasteiger partial charge is 0.494 e. The number of hydrogen-bond acceptors (Lipinski definition) is 5. The van der Waals surface area contributed by atoms with Gasteiger partial charge in [-0.25, -0.2) is 4.98 Å². The second-order valence-corrected chi connectivity index (χ2v) is 6.22. The summed E-state index contributed by atoms with van der Waals surface area (Å²) in [4.78, 5) is 19.0. The maximum atomic E-state index is 12.5. The molecule has 1 N–H and O–H groups in total. The van der Waals surface area contributed by atoms with Crippen molar-refractivity contribution in [3.05, 3.63) is 48.2 Å². The van der Waals surface area contributed by atoms with Crippen molar-refractivity contribution in [3.63, 3.8) is 0 Å². The Morgan fingerprint density at radius 3 is 2.58 bits per heavy atom. The average Bonchev–Trinajstić information content (AvgIpc) is 2.70. The highest BCUT2D eigenvalue weighted by Gasteiger charge is 2.25. The molecule has 0 unspecified atom stereocenters. The van der Waals surface area contributed by atoms with Gasteiger partial charge < -0.3 is 15.0 Å². The second kappa shape index (κ2) is 8.34. The number of piperidine rings is 1. The van der Waals surface area contributed by atoms with E-state index in [1.54, 1.807) is 12.3 Å². The van der Waals surface area contributed by atoms with E-state index in [1.165, 1.54) is 0 Å². The molecule has 0 saturated carbocycles. The smallest absolute Gasteiger partial charge is 0.227 e. The summed E-state index contributed by atoms with van der Waals surface area (Å²) in [6.45, 7) is 4.12. The second-order valence-electron chi connectivity index (χ2n) is 6.22. The summed E-state index contributed by atoms with van der Waals surface area (Å²) in [6, 6.07) is 13.1. The highest BCUT2D eigenvalue weighted by molar-refractivity contribution is 5.92. The number of benzene rings is 1. The number of ether oxygens (including phenoxy) is 1. The fourth-order valence-corrected chi connectivity index (χ4v) is 3.06. The van der Waals surface area contributed by atoms with Crippen LogP contribution in [0.5, 0.6) is 5.75 Å². The van der Waals surface area contributed by atoms with Gasteiger partial charge in [-0.15, -0.1) is 0 Å². The molecule has 3 rings (SSSR count). The lowest BCUT2D eigenvalue weighted by Crippen LogP contribution is -2.38. The van der Waals surface area contributed by atoms with Crippen molar-refractivity contribution in [2.75, 3.05) is 29.9 Å². The van der Waals surface area contributed by atoms with Gasteiger partial charge in [-0.2, -0.15) is 5.26 Å². The number of nitrogens with one attached hydrogen (secondary N) is 1. The van der Waals surface area contributed by atoms with Gasteiger partial charge in [-0.05, 0) is 56.2 Å². The number of aromatic nitrogens is 1. The first-order valence-corrected chi connectivity index (χ1v) is 8.84. The van der Waals surface area contributed by atoms with Crippen LogP contribution in [-0.2, 0) is 4.79 Å². The van der Waals surface area contributed by atoms with Gasteiger partial charge in [0.1, 0.15) is 17.6 Å². The lowest BCUT2D eigenvalue weighted by Gasteiger charge is -2.32. The molecule has 1 aliphatic heterocycles.